The normalized spacial score (nSPS) is 11.8. The molecule has 3 rings (SSSR count). The van der Waals surface area contributed by atoms with Crippen LogP contribution in [0.15, 0.2) is 57.7 Å². The molecule has 1 heterocycles. The minimum atomic E-state index is -4.65. The van der Waals surface area contributed by atoms with Gasteiger partial charge in [0.05, 0.1) is 16.5 Å². The molecule has 0 spiro atoms. The first-order valence-corrected chi connectivity index (χ1v) is 6.30. The summed E-state index contributed by atoms with van der Waals surface area (Å²) in [4.78, 5) is 12.1. The van der Waals surface area contributed by atoms with Gasteiger partial charge in [0.2, 0.25) is 0 Å². The number of rotatable bonds is 1. The summed E-state index contributed by atoms with van der Waals surface area (Å²) in [6, 6.07) is 10.3. The third-order valence-electron chi connectivity index (χ3n) is 3.23. The Labute approximate surface area is 122 Å². The summed E-state index contributed by atoms with van der Waals surface area (Å²) in [5.74, 6) is -0.304. The largest absolute Gasteiger partial charge is 0.507 e. The molecule has 3 nitrogen and oxygen atoms in total. The number of para-hydroxylation sites is 2. The third kappa shape index (κ3) is 2.32. The molecule has 1 N–H and O–H groups in total. The van der Waals surface area contributed by atoms with Crippen LogP contribution in [0.5, 0.6) is 5.75 Å². The average Bonchev–Trinajstić information content (AvgIpc) is 2.46. The maximum absolute atomic E-state index is 13.1. The number of alkyl halides is 3. The maximum Gasteiger partial charge on any atom is 0.420 e. The number of hydrogen-bond acceptors (Lipinski definition) is 3. The van der Waals surface area contributed by atoms with Crippen molar-refractivity contribution in [1.29, 1.82) is 0 Å². The summed E-state index contributed by atoms with van der Waals surface area (Å²) in [5, 5.41) is 9.61. The lowest BCUT2D eigenvalue weighted by molar-refractivity contribution is -0.136. The van der Waals surface area contributed by atoms with Crippen LogP contribution in [0.25, 0.3) is 22.3 Å². The molecule has 0 atom stereocenters. The highest BCUT2D eigenvalue weighted by Gasteiger charge is 2.34. The van der Waals surface area contributed by atoms with Crippen molar-refractivity contribution in [3.05, 3.63) is 64.3 Å². The van der Waals surface area contributed by atoms with Crippen molar-refractivity contribution >= 4 is 11.0 Å². The molecule has 0 bridgehead atoms. The molecular weight excluding hydrogens is 297 g/mol. The smallest absolute Gasteiger partial charge is 0.420 e. The Hall–Kier alpha value is -2.76. The Bertz CT molecular complexity index is 910. The predicted octanol–water partition coefficient (Wildman–Crippen LogP) is 4.18. The highest BCUT2D eigenvalue weighted by Crippen LogP contribution is 2.36. The van der Waals surface area contributed by atoms with Gasteiger partial charge in [0, 0.05) is 6.07 Å². The van der Waals surface area contributed by atoms with Gasteiger partial charge in [0.15, 0.2) is 11.0 Å². The Morgan fingerprint density at radius 3 is 2.41 bits per heavy atom. The maximum atomic E-state index is 13.1. The monoisotopic (exact) mass is 306 g/mol. The molecule has 0 radical (unpaired) electrons. The number of phenolic OH excluding ortho intramolecular Hbond substituents is 1. The molecule has 0 fully saturated rings. The molecular formula is C16H9F3O3. The van der Waals surface area contributed by atoms with Crippen LogP contribution in [0.2, 0.25) is 0 Å². The second-order valence-electron chi connectivity index (χ2n) is 4.67. The van der Waals surface area contributed by atoms with E-state index < -0.39 is 22.8 Å². The molecule has 0 aliphatic heterocycles. The zero-order valence-electron chi connectivity index (χ0n) is 11.0. The van der Waals surface area contributed by atoms with Crippen LogP contribution in [0, 0.1) is 0 Å². The van der Waals surface area contributed by atoms with Gasteiger partial charge in [-0.05, 0) is 24.3 Å². The quantitative estimate of drug-likeness (QED) is 0.733. The van der Waals surface area contributed by atoms with Crippen molar-refractivity contribution < 1.29 is 22.7 Å². The van der Waals surface area contributed by atoms with Crippen LogP contribution in [-0.2, 0) is 6.18 Å². The van der Waals surface area contributed by atoms with E-state index in [4.69, 9.17) is 4.42 Å². The fourth-order valence-electron chi connectivity index (χ4n) is 2.22. The number of aromatic hydroxyl groups is 1. The van der Waals surface area contributed by atoms with Gasteiger partial charge < -0.3 is 9.52 Å². The minimum absolute atomic E-state index is 0.118. The van der Waals surface area contributed by atoms with E-state index in [1.807, 2.05) is 0 Å². The third-order valence-corrected chi connectivity index (χ3v) is 3.23. The molecule has 0 amide bonds. The zero-order valence-corrected chi connectivity index (χ0v) is 11.0. The fourth-order valence-corrected chi connectivity index (χ4v) is 2.22. The average molecular weight is 306 g/mol. The number of hydrogen-bond donors (Lipinski definition) is 1. The van der Waals surface area contributed by atoms with Crippen molar-refractivity contribution in [3.8, 4) is 17.1 Å². The van der Waals surface area contributed by atoms with Gasteiger partial charge in [0.25, 0.3) is 0 Å². The van der Waals surface area contributed by atoms with E-state index in [9.17, 15) is 23.1 Å². The van der Waals surface area contributed by atoms with Gasteiger partial charge >= 0.3 is 6.18 Å². The lowest BCUT2D eigenvalue weighted by Gasteiger charge is -2.10. The molecule has 0 unspecified atom stereocenters. The Morgan fingerprint density at radius 1 is 1.00 bits per heavy atom. The van der Waals surface area contributed by atoms with E-state index in [-0.39, 0.29) is 22.5 Å². The van der Waals surface area contributed by atoms with Gasteiger partial charge in [-0.2, -0.15) is 13.2 Å². The molecule has 22 heavy (non-hydrogen) atoms. The molecule has 6 heteroatoms. The van der Waals surface area contributed by atoms with E-state index in [2.05, 4.69) is 0 Å². The number of phenols is 1. The summed E-state index contributed by atoms with van der Waals surface area (Å²) in [6.45, 7) is 0. The summed E-state index contributed by atoms with van der Waals surface area (Å²) in [6.07, 6.45) is -4.65. The molecule has 0 aliphatic carbocycles. The van der Waals surface area contributed by atoms with E-state index in [1.165, 1.54) is 18.2 Å². The Morgan fingerprint density at radius 2 is 1.73 bits per heavy atom. The first-order valence-electron chi connectivity index (χ1n) is 6.30. The summed E-state index contributed by atoms with van der Waals surface area (Å²) in [5.41, 5.74) is -2.02. The second kappa shape index (κ2) is 4.91. The lowest BCUT2D eigenvalue weighted by atomic mass is 10.1. The Balaban J connectivity index is 2.37. The van der Waals surface area contributed by atoms with Crippen LogP contribution < -0.4 is 5.43 Å². The van der Waals surface area contributed by atoms with Crippen molar-refractivity contribution in [1.82, 2.24) is 0 Å². The van der Waals surface area contributed by atoms with Crippen LogP contribution >= 0.6 is 0 Å². The number of benzene rings is 2. The van der Waals surface area contributed by atoms with Gasteiger partial charge in [-0.3, -0.25) is 4.79 Å². The van der Waals surface area contributed by atoms with E-state index in [1.54, 1.807) is 12.1 Å². The topological polar surface area (TPSA) is 50.4 Å². The highest BCUT2D eigenvalue weighted by molar-refractivity contribution is 5.82. The molecule has 0 saturated carbocycles. The summed E-state index contributed by atoms with van der Waals surface area (Å²) in [7, 11) is 0. The number of fused-ring (bicyclic) bond motifs is 1. The zero-order chi connectivity index (χ0) is 15.9. The van der Waals surface area contributed by atoms with Gasteiger partial charge in [-0.15, -0.1) is 0 Å². The van der Waals surface area contributed by atoms with Crippen LogP contribution in [-0.4, -0.2) is 5.11 Å². The summed E-state index contributed by atoms with van der Waals surface area (Å²) >= 11 is 0. The first-order chi connectivity index (χ1) is 10.4. The van der Waals surface area contributed by atoms with Gasteiger partial charge in [0.1, 0.15) is 11.5 Å². The lowest BCUT2D eigenvalue weighted by Crippen LogP contribution is -2.09. The molecule has 112 valence electrons. The summed E-state index contributed by atoms with van der Waals surface area (Å²) < 4.78 is 44.4. The van der Waals surface area contributed by atoms with E-state index >= 15 is 0 Å². The second-order valence-corrected chi connectivity index (χ2v) is 4.67. The van der Waals surface area contributed by atoms with Gasteiger partial charge in [-0.1, -0.05) is 18.2 Å². The van der Waals surface area contributed by atoms with Crippen molar-refractivity contribution in [2.45, 2.75) is 6.18 Å². The standard InChI is InChI=1S/C16H9F3O3/c17-16(18,19)11-6-3-5-10-13(21)8-14(22-15(10)11)9-4-1-2-7-12(9)20/h1-8,20H. The molecule has 0 saturated heterocycles. The number of halogens is 3. The highest BCUT2D eigenvalue weighted by atomic mass is 19.4. The van der Waals surface area contributed by atoms with Crippen LogP contribution in [0.3, 0.4) is 0 Å². The van der Waals surface area contributed by atoms with Crippen molar-refractivity contribution in [3.63, 3.8) is 0 Å². The van der Waals surface area contributed by atoms with Crippen LogP contribution in [0.4, 0.5) is 13.2 Å². The molecule has 0 aliphatic rings. The van der Waals surface area contributed by atoms with E-state index in [0.717, 1.165) is 18.2 Å². The molecule has 2 aromatic carbocycles. The SMILES string of the molecule is O=c1cc(-c2ccccc2O)oc2c(C(F)(F)F)cccc12. The molecule has 1 aromatic heterocycles. The fraction of sp³-hybridized carbons (Fsp3) is 0.0625. The van der Waals surface area contributed by atoms with Crippen molar-refractivity contribution in [2.24, 2.45) is 0 Å². The van der Waals surface area contributed by atoms with Crippen LogP contribution in [0.1, 0.15) is 5.56 Å². The van der Waals surface area contributed by atoms with Gasteiger partial charge in [-0.25, -0.2) is 0 Å². The Kier molecular flexibility index (Phi) is 3.16. The molecule has 3 aromatic rings. The minimum Gasteiger partial charge on any atom is -0.507 e. The predicted molar refractivity (Wildman–Crippen MR) is 74.6 cm³/mol. The van der Waals surface area contributed by atoms with E-state index in [0.29, 0.717) is 0 Å². The first kappa shape index (κ1) is 14.2. The van der Waals surface area contributed by atoms with Crippen molar-refractivity contribution in [2.75, 3.05) is 0 Å².